The van der Waals surface area contributed by atoms with Crippen molar-refractivity contribution in [1.29, 1.82) is 0 Å². The summed E-state index contributed by atoms with van der Waals surface area (Å²) in [6.07, 6.45) is 19.4. The van der Waals surface area contributed by atoms with Gasteiger partial charge in [-0.15, -0.1) is 0 Å². The molecular weight excluding hydrogens is 414 g/mol. The second kappa shape index (κ2) is 17.9. The third-order valence-corrected chi connectivity index (χ3v) is 5.90. The number of amides is 1. The Morgan fingerprint density at radius 3 is 1.70 bits per heavy atom. The van der Waals surface area contributed by atoms with Gasteiger partial charge in [-0.05, 0) is 23.3 Å². The van der Waals surface area contributed by atoms with Crippen LogP contribution in [0.1, 0.15) is 114 Å². The Morgan fingerprint density at radius 1 is 0.727 bits per heavy atom. The van der Waals surface area contributed by atoms with Crippen LogP contribution in [0.5, 0.6) is 5.75 Å². The average molecular weight is 458 g/mol. The molecule has 0 fully saturated rings. The molecule has 0 saturated carbocycles. The fourth-order valence-corrected chi connectivity index (χ4v) is 3.98. The number of hydrogen-bond donors (Lipinski definition) is 3. The summed E-state index contributed by atoms with van der Waals surface area (Å²) in [4.78, 5) is 21.4. The Balaban J connectivity index is 0.000000342. The van der Waals surface area contributed by atoms with Crippen molar-refractivity contribution >= 4 is 22.6 Å². The van der Waals surface area contributed by atoms with Crippen LogP contribution in [0.4, 0.5) is 0 Å². The Hall–Kier alpha value is -2.56. The maximum absolute atomic E-state index is 10.9. The van der Waals surface area contributed by atoms with Gasteiger partial charge < -0.3 is 15.9 Å². The van der Waals surface area contributed by atoms with Crippen molar-refractivity contribution in [2.45, 2.75) is 103 Å². The third kappa shape index (κ3) is 12.9. The first kappa shape index (κ1) is 28.5. The second-order valence-corrected chi connectivity index (χ2v) is 8.80. The van der Waals surface area contributed by atoms with Crippen LogP contribution in [-0.4, -0.2) is 22.1 Å². The molecule has 184 valence electrons. The number of carbonyl (C=O) groups excluding carboxylic acids is 1. The van der Waals surface area contributed by atoms with Gasteiger partial charge in [-0.3, -0.25) is 4.79 Å². The van der Waals surface area contributed by atoms with Crippen LogP contribution in [0.15, 0.2) is 36.4 Å². The van der Waals surface area contributed by atoms with Crippen molar-refractivity contribution in [3.63, 3.8) is 0 Å². The van der Waals surface area contributed by atoms with E-state index >= 15 is 0 Å². The minimum Gasteiger partial charge on any atom is -0.507 e. The smallest absolute Gasteiger partial charge is 0.340 e. The number of phenols is 1. The molecule has 5 nitrogen and oxygen atoms in total. The lowest BCUT2D eigenvalue weighted by molar-refractivity contribution is -0.118. The van der Waals surface area contributed by atoms with E-state index in [1.807, 2.05) is 6.07 Å². The largest absolute Gasteiger partial charge is 0.507 e. The van der Waals surface area contributed by atoms with Gasteiger partial charge in [-0.1, -0.05) is 121 Å². The van der Waals surface area contributed by atoms with Crippen LogP contribution in [0.25, 0.3) is 10.8 Å². The van der Waals surface area contributed by atoms with E-state index in [0.717, 1.165) is 11.8 Å². The molecule has 2 aromatic carbocycles. The zero-order chi connectivity index (χ0) is 24.3. The molecule has 1 amide bonds. The molecule has 0 aromatic heterocycles. The minimum absolute atomic E-state index is 0.0388. The van der Waals surface area contributed by atoms with Crippen LogP contribution < -0.4 is 5.73 Å². The maximum Gasteiger partial charge on any atom is 0.340 e. The first-order valence-electron chi connectivity index (χ1n) is 12.7. The molecule has 0 unspecified atom stereocenters. The molecule has 0 aliphatic heterocycles. The highest BCUT2D eigenvalue weighted by Crippen LogP contribution is 2.26. The Kier molecular flexibility index (Phi) is 15.5. The number of carbonyl (C=O) groups is 2. The molecule has 0 aliphatic carbocycles. The summed E-state index contributed by atoms with van der Waals surface area (Å²) in [5.74, 6) is -1.46. The summed E-state index contributed by atoms with van der Waals surface area (Å²) in [5.41, 5.74) is 5.06. The van der Waals surface area contributed by atoms with Crippen molar-refractivity contribution in [3.05, 3.63) is 42.0 Å². The van der Waals surface area contributed by atoms with Crippen molar-refractivity contribution in [2.24, 2.45) is 5.73 Å². The van der Waals surface area contributed by atoms with E-state index in [1.165, 1.54) is 89.5 Å². The Bertz CT molecular complexity index is 819. The van der Waals surface area contributed by atoms with Gasteiger partial charge in [0.25, 0.3) is 0 Å². The highest BCUT2D eigenvalue weighted by atomic mass is 16.4. The Morgan fingerprint density at radius 2 is 1.21 bits per heavy atom. The first-order chi connectivity index (χ1) is 16.0. The molecule has 0 aliphatic rings. The average Bonchev–Trinajstić information content (AvgIpc) is 2.79. The highest BCUT2D eigenvalue weighted by Gasteiger charge is 2.12. The summed E-state index contributed by atoms with van der Waals surface area (Å²) in [7, 11) is 0. The molecule has 2 aromatic rings. The molecule has 33 heavy (non-hydrogen) atoms. The summed E-state index contributed by atoms with van der Waals surface area (Å²) in [6.45, 7) is 2.27. The zero-order valence-electron chi connectivity index (χ0n) is 20.4. The maximum atomic E-state index is 10.9. The fraction of sp³-hybridized carbons (Fsp3) is 0.571. The van der Waals surface area contributed by atoms with Crippen molar-refractivity contribution in [1.82, 2.24) is 0 Å². The molecule has 4 N–H and O–H groups in total. The molecule has 0 spiro atoms. The molecule has 2 rings (SSSR count). The van der Waals surface area contributed by atoms with Crippen molar-refractivity contribution < 1.29 is 19.8 Å². The molecule has 0 saturated heterocycles. The lowest BCUT2D eigenvalue weighted by Gasteiger charge is -2.03. The van der Waals surface area contributed by atoms with E-state index in [-0.39, 0.29) is 17.2 Å². The van der Waals surface area contributed by atoms with Crippen molar-refractivity contribution in [3.8, 4) is 5.75 Å². The molecule has 5 heteroatoms. The van der Waals surface area contributed by atoms with E-state index in [2.05, 4.69) is 6.92 Å². The number of fused-ring (bicyclic) bond motifs is 1. The van der Waals surface area contributed by atoms with Crippen LogP contribution >= 0.6 is 0 Å². The van der Waals surface area contributed by atoms with E-state index in [1.54, 1.807) is 24.3 Å². The van der Waals surface area contributed by atoms with Crippen LogP contribution in [0.2, 0.25) is 0 Å². The lowest BCUT2D eigenvalue weighted by Crippen LogP contribution is -2.09. The van der Waals surface area contributed by atoms with E-state index in [4.69, 9.17) is 10.8 Å². The SMILES string of the molecule is CCCCCCCCCCCCCCCCC(N)=O.O=C(O)c1c(O)ccc2ccccc12. The number of aromatic hydroxyl groups is 1. The van der Waals surface area contributed by atoms with Crippen molar-refractivity contribution in [2.75, 3.05) is 0 Å². The molecule has 0 bridgehead atoms. The molecule has 0 heterocycles. The number of aromatic carboxylic acids is 1. The molecule has 0 atom stereocenters. The number of unbranched alkanes of at least 4 members (excludes halogenated alkanes) is 13. The van der Waals surface area contributed by atoms with Gasteiger partial charge in [0, 0.05) is 6.42 Å². The standard InChI is InChI=1S/C17H35NO.C11H8O3/c1-2-3-4-5-6-7-8-9-10-11-12-13-14-15-16-17(18)19;12-9-6-5-7-3-1-2-4-8(7)10(9)11(13)14/h2-16H2,1H3,(H2,18,19);1-6,12H,(H,13,14). The normalized spacial score (nSPS) is 10.6. The van der Waals surface area contributed by atoms with E-state index in [0.29, 0.717) is 11.8 Å². The number of rotatable bonds is 16. The third-order valence-electron chi connectivity index (χ3n) is 5.90. The summed E-state index contributed by atoms with van der Waals surface area (Å²) >= 11 is 0. The zero-order valence-corrected chi connectivity index (χ0v) is 20.4. The predicted octanol–water partition coefficient (Wildman–Crippen LogP) is 7.59. The number of benzene rings is 2. The fourth-order valence-electron chi connectivity index (χ4n) is 3.98. The highest BCUT2D eigenvalue weighted by molar-refractivity contribution is 6.06. The lowest BCUT2D eigenvalue weighted by atomic mass is 10.0. The van der Waals surface area contributed by atoms with Crippen LogP contribution in [0, 0.1) is 0 Å². The summed E-state index contributed by atoms with van der Waals surface area (Å²) in [5, 5.41) is 19.7. The monoisotopic (exact) mass is 457 g/mol. The molecular formula is C28H43NO4. The minimum atomic E-state index is -1.11. The van der Waals surface area contributed by atoms with Gasteiger partial charge in [-0.25, -0.2) is 4.79 Å². The quantitative estimate of drug-likeness (QED) is 0.226. The van der Waals surface area contributed by atoms with Gasteiger partial charge in [-0.2, -0.15) is 0 Å². The summed E-state index contributed by atoms with van der Waals surface area (Å²) < 4.78 is 0. The summed E-state index contributed by atoms with van der Waals surface area (Å²) in [6, 6.07) is 10.1. The number of carboxylic acid groups (broad SMARTS) is 1. The van der Waals surface area contributed by atoms with Gasteiger partial charge in [0.15, 0.2) is 0 Å². The number of carboxylic acids is 1. The Labute approximate surface area is 199 Å². The van der Waals surface area contributed by atoms with Gasteiger partial charge >= 0.3 is 5.97 Å². The topological polar surface area (TPSA) is 101 Å². The number of primary amides is 1. The molecule has 0 radical (unpaired) electrons. The van der Waals surface area contributed by atoms with Gasteiger partial charge in [0.1, 0.15) is 11.3 Å². The van der Waals surface area contributed by atoms with Crippen LogP contribution in [0.3, 0.4) is 0 Å². The van der Waals surface area contributed by atoms with E-state index in [9.17, 15) is 14.7 Å². The second-order valence-electron chi connectivity index (χ2n) is 8.80. The predicted molar refractivity (Wildman–Crippen MR) is 137 cm³/mol. The van der Waals surface area contributed by atoms with Crippen LogP contribution in [-0.2, 0) is 4.79 Å². The number of nitrogens with two attached hydrogens (primary N) is 1. The first-order valence-corrected chi connectivity index (χ1v) is 12.7. The van der Waals surface area contributed by atoms with E-state index < -0.39 is 5.97 Å². The van der Waals surface area contributed by atoms with Gasteiger partial charge in [0.2, 0.25) is 5.91 Å². The number of hydrogen-bond acceptors (Lipinski definition) is 3. The van der Waals surface area contributed by atoms with Gasteiger partial charge in [0.05, 0.1) is 0 Å².